The van der Waals surface area contributed by atoms with E-state index < -0.39 is 66.8 Å². The van der Waals surface area contributed by atoms with E-state index in [-0.39, 0.29) is 25.5 Å². The normalized spacial score (nSPS) is 45.3. The molecule has 3 aliphatic rings. The fourth-order valence-corrected chi connectivity index (χ4v) is 4.80. The van der Waals surface area contributed by atoms with Crippen LogP contribution in [-0.4, -0.2) is 108 Å². The standard InChI is InChI=1S/C21H39N5O8/c1-9(27)26-13-6-12(24)16(33-20-15(29)18(25-3)21(2,30)8-31-20)14(28)17(13)34-19-11(23)5-4-10(7-22)32-19/h4,11-20,25,28-30H,5-8,22-24H2,1-3H3,(H,26,27)/t11-,12-,13+,14-,15-,16+,17-,18-,19-,20-,21+/m1/s1. The first-order valence-corrected chi connectivity index (χ1v) is 11.5. The van der Waals surface area contributed by atoms with Gasteiger partial charge in [-0.15, -0.1) is 0 Å². The number of nitrogens with two attached hydrogens (primary N) is 3. The van der Waals surface area contributed by atoms with Crippen LogP contribution in [0.3, 0.4) is 0 Å². The first kappa shape index (κ1) is 27.2. The van der Waals surface area contributed by atoms with Crippen molar-refractivity contribution in [1.29, 1.82) is 0 Å². The second-order valence-electron chi connectivity index (χ2n) is 9.45. The summed E-state index contributed by atoms with van der Waals surface area (Å²) >= 11 is 0. The maximum atomic E-state index is 11.8. The highest BCUT2D eigenvalue weighted by molar-refractivity contribution is 5.73. The highest BCUT2D eigenvalue weighted by Gasteiger charge is 2.51. The van der Waals surface area contributed by atoms with E-state index in [4.69, 9.17) is 36.1 Å². The van der Waals surface area contributed by atoms with Crippen LogP contribution in [0.4, 0.5) is 0 Å². The van der Waals surface area contributed by atoms with E-state index in [1.807, 2.05) is 0 Å². The lowest BCUT2D eigenvalue weighted by Crippen LogP contribution is -2.69. The molecule has 0 unspecified atom stereocenters. The smallest absolute Gasteiger partial charge is 0.217 e. The van der Waals surface area contributed by atoms with E-state index >= 15 is 0 Å². The molecule has 1 saturated heterocycles. The minimum absolute atomic E-state index is 0.105. The maximum absolute atomic E-state index is 11.8. The van der Waals surface area contributed by atoms with Crippen LogP contribution in [0.2, 0.25) is 0 Å². The molecule has 2 aliphatic heterocycles. The van der Waals surface area contributed by atoms with Crippen LogP contribution >= 0.6 is 0 Å². The SMILES string of the molecule is CN[C@@H]1[C@@H](O)[C@@H](O[C@@H]2[C@@H](O)[C@H](O[C@H]3OC(CN)=CC[C@H]3N)[C@@H](NC(C)=O)C[C@H]2N)OC[C@]1(C)O. The summed E-state index contributed by atoms with van der Waals surface area (Å²) in [6.45, 7) is 2.95. The van der Waals surface area contributed by atoms with Crippen LogP contribution in [0.15, 0.2) is 11.8 Å². The molecule has 0 aromatic heterocycles. The molecule has 1 aliphatic carbocycles. The van der Waals surface area contributed by atoms with E-state index in [1.165, 1.54) is 13.8 Å². The van der Waals surface area contributed by atoms with Gasteiger partial charge in [0.15, 0.2) is 6.29 Å². The zero-order valence-corrected chi connectivity index (χ0v) is 19.8. The quantitative estimate of drug-likeness (QED) is 0.173. The van der Waals surface area contributed by atoms with Gasteiger partial charge in [0.25, 0.3) is 0 Å². The average molecular weight is 490 g/mol. The van der Waals surface area contributed by atoms with Crippen molar-refractivity contribution in [3.63, 3.8) is 0 Å². The number of hydrogen-bond acceptors (Lipinski definition) is 12. The molecule has 13 heteroatoms. The summed E-state index contributed by atoms with van der Waals surface area (Å²) in [6, 6.07) is -2.62. The van der Waals surface area contributed by atoms with Gasteiger partial charge in [-0.05, 0) is 32.9 Å². The summed E-state index contributed by atoms with van der Waals surface area (Å²) in [4.78, 5) is 11.8. The Morgan fingerprint density at radius 2 is 1.88 bits per heavy atom. The number of likely N-dealkylation sites (N-methyl/N-ethyl adjacent to an activating group) is 1. The molecule has 0 aromatic rings. The predicted molar refractivity (Wildman–Crippen MR) is 120 cm³/mol. The molecule has 1 saturated carbocycles. The molecular weight excluding hydrogens is 450 g/mol. The van der Waals surface area contributed by atoms with Crippen molar-refractivity contribution in [3.8, 4) is 0 Å². The van der Waals surface area contributed by atoms with Gasteiger partial charge < -0.3 is 62.1 Å². The Kier molecular flexibility index (Phi) is 8.90. The van der Waals surface area contributed by atoms with E-state index in [0.29, 0.717) is 12.2 Å². The number of carbonyl (C=O) groups is 1. The molecule has 34 heavy (non-hydrogen) atoms. The third-order valence-corrected chi connectivity index (χ3v) is 6.57. The Morgan fingerprint density at radius 3 is 2.50 bits per heavy atom. The summed E-state index contributed by atoms with van der Waals surface area (Å²) in [5.41, 5.74) is 16.8. The minimum Gasteiger partial charge on any atom is -0.467 e. The first-order valence-electron chi connectivity index (χ1n) is 11.5. The third-order valence-electron chi connectivity index (χ3n) is 6.57. The largest absolute Gasteiger partial charge is 0.467 e. The van der Waals surface area contributed by atoms with Crippen LogP contribution in [0.1, 0.15) is 26.7 Å². The summed E-state index contributed by atoms with van der Waals surface area (Å²) in [7, 11) is 1.60. The molecule has 2 heterocycles. The lowest BCUT2D eigenvalue weighted by Gasteiger charge is -2.48. The van der Waals surface area contributed by atoms with Gasteiger partial charge in [-0.3, -0.25) is 4.79 Å². The van der Waals surface area contributed by atoms with Crippen LogP contribution in [0.25, 0.3) is 0 Å². The lowest BCUT2D eigenvalue weighted by molar-refractivity contribution is -0.303. The van der Waals surface area contributed by atoms with Crippen molar-refractivity contribution >= 4 is 5.91 Å². The monoisotopic (exact) mass is 489 g/mol. The number of aliphatic hydroxyl groups excluding tert-OH is 2. The van der Waals surface area contributed by atoms with Gasteiger partial charge in [-0.1, -0.05) is 0 Å². The summed E-state index contributed by atoms with van der Waals surface area (Å²) in [5, 5.41) is 38.1. The topological polar surface area (TPSA) is 217 Å². The number of nitrogens with one attached hydrogen (secondary N) is 2. The van der Waals surface area contributed by atoms with Crippen LogP contribution in [-0.2, 0) is 23.7 Å². The van der Waals surface area contributed by atoms with Crippen molar-refractivity contribution in [3.05, 3.63) is 11.8 Å². The molecule has 0 bridgehead atoms. The van der Waals surface area contributed by atoms with Crippen molar-refractivity contribution in [2.75, 3.05) is 20.2 Å². The molecule has 0 spiro atoms. The summed E-state index contributed by atoms with van der Waals surface area (Å²) in [6.07, 6.45) is -4.17. The van der Waals surface area contributed by atoms with Crippen molar-refractivity contribution < 1.29 is 39.1 Å². The second kappa shape index (κ2) is 11.1. The number of carbonyl (C=O) groups excluding carboxylic acids is 1. The van der Waals surface area contributed by atoms with Gasteiger partial charge in [-0.2, -0.15) is 0 Å². The van der Waals surface area contributed by atoms with Gasteiger partial charge in [0.1, 0.15) is 35.8 Å². The lowest BCUT2D eigenvalue weighted by atomic mass is 9.83. The second-order valence-corrected chi connectivity index (χ2v) is 9.45. The van der Waals surface area contributed by atoms with Gasteiger partial charge >= 0.3 is 0 Å². The fraction of sp³-hybridized carbons (Fsp3) is 0.857. The van der Waals surface area contributed by atoms with Gasteiger partial charge in [0, 0.05) is 13.0 Å². The van der Waals surface area contributed by atoms with Crippen molar-refractivity contribution in [1.82, 2.24) is 10.6 Å². The Labute approximate surface area is 198 Å². The molecule has 11 N–H and O–H groups in total. The first-order chi connectivity index (χ1) is 16.0. The Hall–Kier alpha value is -1.39. The van der Waals surface area contributed by atoms with Crippen molar-refractivity contribution in [2.24, 2.45) is 17.2 Å². The van der Waals surface area contributed by atoms with Gasteiger partial charge in [0.05, 0.1) is 31.3 Å². The summed E-state index contributed by atoms with van der Waals surface area (Å²) in [5.74, 6) is 0.195. The maximum Gasteiger partial charge on any atom is 0.217 e. The van der Waals surface area contributed by atoms with Gasteiger partial charge in [0.2, 0.25) is 12.2 Å². The zero-order chi connectivity index (χ0) is 25.2. The Bertz CT molecular complexity index is 740. The third kappa shape index (κ3) is 5.87. The van der Waals surface area contributed by atoms with Crippen molar-refractivity contribution in [2.45, 2.75) is 93.5 Å². The number of hydrogen-bond donors (Lipinski definition) is 8. The molecule has 3 rings (SSSR count). The van der Waals surface area contributed by atoms with E-state index in [9.17, 15) is 20.1 Å². The number of ether oxygens (including phenoxy) is 4. The average Bonchev–Trinajstić information content (AvgIpc) is 2.76. The van der Waals surface area contributed by atoms with Gasteiger partial charge in [-0.25, -0.2) is 0 Å². The molecular formula is C21H39N5O8. The van der Waals surface area contributed by atoms with E-state index in [1.54, 1.807) is 13.1 Å². The van der Waals surface area contributed by atoms with E-state index in [2.05, 4.69) is 10.6 Å². The van der Waals surface area contributed by atoms with Crippen LogP contribution in [0.5, 0.6) is 0 Å². The molecule has 196 valence electrons. The molecule has 0 radical (unpaired) electrons. The number of aliphatic hydroxyl groups is 3. The molecule has 13 nitrogen and oxygen atoms in total. The minimum atomic E-state index is -1.33. The Morgan fingerprint density at radius 1 is 1.21 bits per heavy atom. The fourth-order valence-electron chi connectivity index (χ4n) is 4.80. The highest BCUT2D eigenvalue weighted by Crippen LogP contribution is 2.31. The van der Waals surface area contributed by atoms with E-state index in [0.717, 1.165) is 0 Å². The van der Waals surface area contributed by atoms with Crippen LogP contribution in [0, 0.1) is 0 Å². The Balaban J connectivity index is 1.78. The number of amides is 1. The molecule has 11 atom stereocenters. The zero-order valence-electron chi connectivity index (χ0n) is 19.8. The summed E-state index contributed by atoms with van der Waals surface area (Å²) < 4.78 is 23.3. The predicted octanol–water partition coefficient (Wildman–Crippen LogP) is -3.67. The molecule has 2 fully saturated rings. The number of rotatable bonds is 7. The van der Waals surface area contributed by atoms with Crippen LogP contribution < -0.4 is 27.8 Å². The molecule has 1 amide bonds. The highest BCUT2D eigenvalue weighted by atomic mass is 16.7. The molecule has 0 aromatic carbocycles.